The molecule has 5 amide bonds. The summed E-state index contributed by atoms with van der Waals surface area (Å²) in [6.45, 7) is 4.49. The van der Waals surface area contributed by atoms with E-state index in [-0.39, 0.29) is 18.9 Å². The molecule has 1 aliphatic rings. The Hall–Kier alpha value is -3.26. The molecule has 14 nitrogen and oxygen atoms in total. The van der Waals surface area contributed by atoms with Crippen LogP contribution in [0, 0.1) is 5.92 Å². The van der Waals surface area contributed by atoms with Gasteiger partial charge < -0.3 is 42.5 Å². The average Bonchev–Trinajstić information content (AvgIpc) is 3.25. The number of carboxylic acids is 1. The van der Waals surface area contributed by atoms with Crippen LogP contribution in [0.4, 0.5) is 0 Å². The van der Waals surface area contributed by atoms with Crippen molar-refractivity contribution in [3.63, 3.8) is 0 Å². The molecule has 1 heterocycles. The maximum atomic E-state index is 13.3. The highest BCUT2D eigenvalue weighted by Crippen LogP contribution is 2.20. The number of aliphatic hydroxyl groups excluding tert-OH is 1. The number of aliphatic hydroxyl groups is 1. The van der Waals surface area contributed by atoms with Crippen molar-refractivity contribution >= 4 is 35.5 Å². The molecule has 0 bridgehead atoms. The molecule has 9 N–H and O–H groups in total. The van der Waals surface area contributed by atoms with Crippen molar-refractivity contribution in [2.45, 2.75) is 76.7 Å². The predicted molar refractivity (Wildman–Crippen MR) is 122 cm³/mol. The summed E-state index contributed by atoms with van der Waals surface area (Å²) in [5.74, 6) is -4.86. The molecule has 0 aromatic carbocycles. The lowest BCUT2D eigenvalue weighted by Gasteiger charge is -2.30. The van der Waals surface area contributed by atoms with Crippen LogP contribution in [0.25, 0.3) is 0 Å². The number of amides is 5. The van der Waals surface area contributed by atoms with Gasteiger partial charge in [-0.05, 0) is 32.1 Å². The number of nitrogens with one attached hydrogen (secondary N) is 3. The van der Waals surface area contributed by atoms with Crippen LogP contribution in [-0.4, -0.2) is 94.0 Å². The van der Waals surface area contributed by atoms with Gasteiger partial charge in [-0.1, -0.05) is 13.8 Å². The van der Waals surface area contributed by atoms with E-state index >= 15 is 0 Å². The van der Waals surface area contributed by atoms with E-state index < -0.39 is 78.7 Å². The minimum absolute atomic E-state index is 0.0150. The Bertz CT molecular complexity index is 820. The Morgan fingerprint density at radius 2 is 1.63 bits per heavy atom. The van der Waals surface area contributed by atoms with Crippen LogP contribution in [0.2, 0.25) is 0 Å². The van der Waals surface area contributed by atoms with Crippen molar-refractivity contribution in [3.05, 3.63) is 0 Å². The molecule has 0 unspecified atom stereocenters. The molecule has 35 heavy (non-hydrogen) atoms. The second kappa shape index (κ2) is 13.6. The molecule has 198 valence electrons. The van der Waals surface area contributed by atoms with Crippen molar-refractivity contribution < 1.29 is 39.0 Å². The average molecular weight is 501 g/mol. The highest BCUT2D eigenvalue weighted by atomic mass is 16.4. The number of nitrogens with two attached hydrogens (primary N) is 2. The van der Waals surface area contributed by atoms with Gasteiger partial charge in [0.2, 0.25) is 29.5 Å². The fourth-order valence-corrected chi connectivity index (χ4v) is 3.64. The first kappa shape index (κ1) is 29.8. The zero-order chi connectivity index (χ0) is 26.9. The van der Waals surface area contributed by atoms with E-state index in [0.29, 0.717) is 12.8 Å². The van der Waals surface area contributed by atoms with Crippen LogP contribution in [-0.2, 0) is 28.8 Å². The zero-order valence-corrected chi connectivity index (χ0v) is 20.2. The second-order valence-electron chi connectivity index (χ2n) is 8.97. The van der Waals surface area contributed by atoms with E-state index in [1.807, 2.05) is 13.8 Å². The fraction of sp³-hybridized carbons (Fsp3) is 0.714. The van der Waals surface area contributed by atoms with Gasteiger partial charge in [0, 0.05) is 6.54 Å². The molecule has 14 heteroatoms. The highest BCUT2D eigenvalue weighted by Gasteiger charge is 2.39. The van der Waals surface area contributed by atoms with E-state index in [1.54, 1.807) is 0 Å². The Kier molecular flexibility index (Phi) is 11.6. The monoisotopic (exact) mass is 500 g/mol. The smallest absolute Gasteiger partial charge is 0.328 e. The number of hydrogen-bond donors (Lipinski definition) is 7. The van der Waals surface area contributed by atoms with E-state index in [0.717, 1.165) is 0 Å². The van der Waals surface area contributed by atoms with E-state index in [2.05, 4.69) is 16.0 Å². The molecule has 0 radical (unpaired) electrons. The predicted octanol–water partition coefficient (Wildman–Crippen LogP) is -3.22. The standard InChI is InChI=1S/C21H36N6O8/c1-10(2)7-13(25-17(30)11(3)24-18(31)12(22)8-16(23)29)20(33)27-6-4-5-15(27)19(32)26-14(9-28)21(34)35/h10-15,28H,4-9,22H2,1-3H3,(H2,23,29)(H,24,31)(H,25,30)(H,26,32)(H,34,35)/t11-,12-,13-,14-,15-/m0/s1. The van der Waals surface area contributed by atoms with Crippen LogP contribution in [0.5, 0.6) is 0 Å². The summed E-state index contributed by atoms with van der Waals surface area (Å²) in [5.41, 5.74) is 10.6. The molecule has 0 aromatic heterocycles. The number of likely N-dealkylation sites (tertiary alicyclic amines) is 1. The number of carboxylic acid groups (broad SMARTS) is 1. The Morgan fingerprint density at radius 1 is 1.00 bits per heavy atom. The van der Waals surface area contributed by atoms with Crippen LogP contribution < -0.4 is 27.4 Å². The molecule has 1 rings (SSSR count). The van der Waals surface area contributed by atoms with Gasteiger partial charge in [0.15, 0.2) is 0 Å². The quantitative estimate of drug-likeness (QED) is 0.134. The van der Waals surface area contributed by atoms with Gasteiger partial charge >= 0.3 is 5.97 Å². The number of carbonyl (C=O) groups excluding carboxylic acids is 5. The molecular weight excluding hydrogens is 464 g/mol. The van der Waals surface area contributed by atoms with Gasteiger partial charge in [0.25, 0.3) is 0 Å². The number of rotatable bonds is 13. The molecular formula is C21H36N6O8. The van der Waals surface area contributed by atoms with Gasteiger partial charge in [0.05, 0.1) is 19.1 Å². The van der Waals surface area contributed by atoms with Crippen molar-refractivity contribution in [2.75, 3.05) is 13.2 Å². The van der Waals surface area contributed by atoms with Crippen LogP contribution in [0.15, 0.2) is 0 Å². The van der Waals surface area contributed by atoms with Gasteiger partial charge in [-0.15, -0.1) is 0 Å². The van der Waals surface area contributed by atoms with Crippen molar-refractivity contribution in [2.24, 2.45) is 17.4 Å². The van der Waals surface area contributed by atoms with Gasteiger partial charge in [-0.2, -0.15) is 0 Å². The summed E-state index contributed by atoms with van der Waals surface area (Å²) in [5, 5.41) is 25.4. The molecule has 1 fully saturated rings. The molecule has 1 saturated heterocycles. The molecule has 1 aliphatic heterocycles. The van der Waals surface area contributed by atoms with Crippen molar-refractivity contribution in [1.29, 1.82) is 0 Å². The third kappa shape index (κ3) is 9.13. The first-order valence-electron chi connectivity index (χ1n) is 11.4. The third-order valence-corrected chi connectivity index (χ3v) is 5.47. The van der Waals surface area contributed by atoms with Crippen LogP contribution in [0.1, 0.15) is 46.5 Å². The maximum Gasteiger partial charge on any atom is 0.328 e. The summed E-state index contributed by atoms with van der Waals surface area (Å²) in [4.78, 5) is 74.0. The lowest BCUT2D eigenvalue weighted by Crippen LogP contribution is -2.58. The lowest BCUT2D eigenvalue weighted by atomic mass is 10.0. The normalized spacial score (nSPS) is 18.8. The van der Waals surface area contributed by atoms with Gasteiger partial charge in [0.1, 0.15) is 24.2 Å². The second-order valence-corrected chi connectivity index (χ2v) is 8.97. The SMILES string of the molecule is CC(C)C[C@H](NC(=O)[C@H](C)NC(=O)[C@@H](N)CC(N)=O)C(=O)N1CCC[C@H]1C(=O)N[C@@H](CO)C(=O)O. The third-order valence-electron chi connectivity index (χ3n) is 5.47. The van der Waals surface area contributed by atoms with E-state index in [4.69, 9.17) is 21.7 Å². The van der Waals surface area contributed by atoms with Gasteiger partial charge in [-0.25, -0.2) is 4.79 Å². The molecule has 0 aliphatic carbocycles. The zero-order valence-electron chi connectivity index (χ0n) is 20.2. The van der Waals surface area contributed by atoms with Crippen LogP contribution >= 0.6 is 0 Å². The molecule has 5 atom stereocenters. The largest absolute Gasteiger partial charge is 0.480 e. The Balaban J connectivity index is 2.91. The number of aliphatic carboxylic acids is 1. The minimum atomic E-state index is -1.50. The van der Waals surface area contributed by atoms with Crippen molar-refractivity contribution in [3.8, 4) is 0 Å². The topological polar surface area (TPSA) is 234 Å². The first-order valence-corrected chi connectivity index (χ1v) is 11.4. The summed E-state index contributed by atoms with van der Waals surface area (Å²) in [6, 6.07) is -5.78. The van der Waals surface area contributed by atoms with E-state index in [1.165, 1.54) is 11.8 Å². The Labute approximate surface area is 203 Å². The first-order chi connectivity index (χ1) is 16.3. The summed E-state index contributed by atoms with van der Waals surface area (Å²) in [7, 11) is 0. The number of carbonyl (C=O) groups is 6. The molecule has 0 spiro atoms. The van der Waals surface area contributed by atoms with Crippen molar-refractivity contribution in [1.82, 2.24) is 20.9 Å². The number of primary amides is 1. The summed E-state index contributed by atoms with van der Waals surface area (Å²) < 4.78 is 0. The van der Waals surface area contributed by atoms with Gasteiger partial charge in [-0.3, -0.25) is 24.0 Å². The molecule has 0 saturated carbocycles. The lowest BCUT2D eigenvalue weighted by molar-refractivity contribution is -0.145. The maximum absolute atomic E-state index is 13.3. The van der Waals surface area contributed by atoms with E-state index in [9.17, 15) is 28.8 Å². The van der Waals surface area contributed by atoms with Crippen LogP contribution in [0.3, 0.4) is 0 Å². The fourth-order valence-electron chi connectivity index (χ4n) is 3.64. The Morgan fingerprint density at radius 3 is 2.14 bits per heavy atom. The minimum Gasteiger partial charge on any atom is -0.480 e. The molecule has 0 aromatic rings. The summed E-state index contributed by atoms with van der Waals surface area (Å²) >= 11 is 0. The highest BCUT2D eigenvalue weighted by molar-refractivity contribution is 5.96. The summed E-state index contributed by atoms with van der Waals surface area (Å²) in [6.07, 6.45) is 0.632. The number of hydrogen-bond acceptors (Lipinski definition) is 8. The number of nitrogens with zero attached hydrogens (tertiary/aromatic N) is 1.